The Kier molecular flexibility index (Phi) is 3.49. The van der Waals surface area contributed by atoms with Crippen molar-refractivity contribution in [2.75, 3.05) is 0 Å². The molecule has 6 heteroatoms. The molecule has 0 saturated carbocycles. The number of nitrogens with zero attached hydrogens (tertiary/aromatic N) is 2. The smallest absolute Gasteiger partial charge is 0.323 e. The number of carboxylic acid groups (broad SMARTS) is 1. The third-order valence-corrected chi connectivity index (χ3v) is 3.48. The quantitative estimate of drug-likeness (QED) is 0.919. The number of halogens is 2. The van der Waals surface area contributed by atoms with Crippen LogP contribution >= 0.6 is 23.2 Å². The predicted octanol–water partition coefficient (Wildman–Crippen LogP) is 3.73. The van der Waals surface area contributed by atoms with Crippen LogP contribution in [-0.4, -0.2) is 20.6 Å². The molecule has 0 aliphatic carbocycles. The van der Waals surface area contributed by atoms with Crippen LogP contribution in [0.3, 0.4) is 0 Å². The first-order valence-electron chi connectivity index (χ1n) is 5.77. The molecule has 0 spiro atoms. The molecule has 0 fully saturated rings. The molecule has 0 aliphatic rings. The lowest BCUT2D eigenvalue weighted by molar-refractivity contribution is -0.137. The van der Waals surface area contributed by atoms with Crippen molar-refractivity contribution >= 4 is 40.2 Å². The Morgan fingerprint density at radius 2 is 1.89 bits per heavy atom. The number of benzene rings is 1. The number of fused-ring (bicyclic) bond motifs is 1. The summed E-state index contributed by atoms with van der Waals surface area (Å²) < 4.78 is 1.67. The van der Waals surface area contributed by atoms with Gasteiger partial charge in [-0.15, -0.1) is 0 Å². The molecule has 0 amide bonds. The van der Waals surface area contributed by atoms with Gasteiger partial charge in [-0.1, -0.05) is 44.0 Å². The van der Waals surface area contributed by atoms with Crippen LogP contribution in [0.4, 0.5) is 0 Å². The molecule has 1 aromatic heterocycles. The van der Waals surface area contributed by atoms with Gasteiger partial charge >= 0.3 is 5.97 Å². The SMILES string of the molecule is CC(C)(C)c1nc2cc(Cl)c(Cl)cc2n1CC(=O)O. The molecule has 19 heavy (non-hydrogen) atoms. The van der Waals surface area contributed by atoms with E-state index in [0.29, 0.717) is 26.9 Å². The largest absolute Gasteiger partial charge is 0.480 e. The van der Waals surface area contributed by atoms with Crippen LogP contribution in [0.2, 0.25) is 10.0 Å². The van der Waals surface area contributed by atoms with Gasteiger partial charge in [0, 0.05) is 5.41 Å². The molecule has 2 aromatic rings. The topological polar surface area (TPSA) is 55.1 Å². The minimum atomic E-state index is -0.920. The third-order valence-electron chi connectivity index (χ3n) is 2.75. The van der Waals surface area contributed by atoms with Gasteiger partial charge in [0.1, 0.15) is 12.4 Å². The van der Waals surface area contributed by atoms with Gasteiger partial charge in [0.05, 0.1) is 21.1 Å². The average molecular weight is 301 g/mol. The van der Waals surface area contributed by atoms with E-state index in [9.17, 15) is 4.79 Å². The van der Waals surface area contributed by atoms with Gasteiger partial charge in [0.15, 0.2) is 0 Å². The zero-order chi connectivity index (χ0) is 14.4. The van der Waals surface area contributed by atoms with E-state index in [1.165, 1.54) is 0 Å². The van der Waals surface area contributed by atoms with Crippen LogP contribution in [0.1, 0.15) is 26.6 Å². The molecule has 1 N–H and O–H groups in total. The van der Waals surface area contributed by atoms with Crippen LogP contribution in [0.25, 0.3) is 11.0 Å². The van der Waals surface area contributed by atoms with E-state index >= 15 is 0 Å². The highest BCUT2D eigenvalue weighted by atomic mass is 35.5. The summed E-state index contributed by atoms with van der Waals surface area (Å²) in [7, 11) is 0. The van der Waals surface area contributed by atoms with Gasteiger partial charge in [0.25, 0.3) is 0 Å². The maximum atomic E-state index is 11.0. The number of rotatable bonds is 2. The van der Waals surface area contributed by atoms with Crippen molar-refractivity contribution in [3.8, 4) is 0 Å². The Hall–Kier alpha value is -1.26. The van der Waals surface area contributed by atoms with Crippen molar-refractivity contribution in [1.82, 2.24) is 9.55 Å². The van der Waals surface area contributed by atoms with Crippen LogP contribution in [-0.2, 0) is 16.8 Å². The Morgan fingerprint density at radius 3 is 2.42 bits per heavy atom. The highest BCUT2D eigenvalue weighted by Gasteiger charge is 2.24. The molecular formula is C13H14Cl2N2O2. The van der Waals surface area contributed by atoms with Crippen molar-refractivity contribution in [2.24, 2.45) is 0 Å². The standard InChI is InChI=1S/C13H14Cl2N2O2/c1-13(2,3)12-16-9-4-7(14)8(15)5-10(9)17(12)6-11(18)19/h4-5H,6H2,1-3H3,(H,18,19). The van der Waals surface area contributed by atoms with Gasteiger partial charge in [-0.05, 0) is 12.1 Å². The van der Waals surface area contributed by atoms with Crippen LogP contribution < -0.4 is 0 Å². The van der Waals surface area contributed by atoms with Gasteiger partial charge in [-0.2, -0.15) is 0 Å². The summed E-state index contributed by atoms with van der Waals surface area (Å²) in [5.41, 5.74) is 1.07. The van der Waals surface area contributed by atoms with E-state index in [1.54, 1.807) is 16.7 Å². The number of carboxylic acids is 1. The van der Waals surface area contributed by atoms with E-state index < -0.39 is 5.97 Å². The fourth-order valence-corrected chi connectivity index (χ4v) is 2.30. The van der Waals surface area contributed by atoms with Crippen molar-refractivity contribution in [2.45, 2.75) is 32.7 Å². The summed E-state index contributed by atoms with van der Waals surface area (Å²) >= 11 is 12.0. The number of hydrogen-bond donors (Lipinski definition) is 1. The highest BCUT2D eigenvalue weighted by molar-refractivity contribution is 6.42. The molecule has 4 nitrogen and oxygen atoms in total. The van der Waals surface area contributed by atoms with Crippen LogP contribution in [0, 0.1) is 0 Å². The van der Waals surface area contributed by atoms with Crippen LogP contribution in [0.5, 0.6) is 0 Å². The first-order chi connectivity index (χ1) is 8.70. The highest BCUT2D eigenvalue weighted by Crippen LogP contribution is 2.31. The maximum Gasteiger partial charge on any atom is 0.323 e. The van der Waals surface area contributed by atoms with E-state index in [1.807, 2.05) is 20.8 Å². The molecule has 0 bridgehead atoms. The molecule has 0 unspecified atom stereocenters. The second-order valence-corrected chi connectivity index (χ2v) is 6.23. The predicted molar refractivity (Wildman–Crippen MR) is 76.1 cm³/mol. The lowest BCUT2D eigenvalue weighted by Gasteiger charge is -2.19. The zero-order valence-electron chi connectivity index (χ0n) is 10.9. The average Bonchev–Trinajstić information content (AvgIpc) is 2.57. The Bertz CT molecular complexity index is 657. The first-order valence-corrected chi connectivity index (χ1v) is 6.53. The van der Waals surface area contributed by atoms with Crippen molar-refractivity contribution in [3.63, 3.8) is 0 Å². The number of aromatic nitrogens is 2. The lowest BCUT2D eigenvalue weighted by atomic mass is 9.95. The van der Waals surface area contributed by atoms with E-state index in [4.69, 9.17) is 28.3 Å². The summed E-state index contributed by atoms with van der Waals surface area (Å²) in [5.74, 6) is -0.223. The fourth-order valence-electron chi connectivity index (χ4n) is 1.99. The summed E-state index contributed by atoms with van der Waals surface area (Å²) in [6, 6.07) is 3.32. The number of imidazole rings is 1. The van der Waals surface area contributed by atoms with Crippen molar-refractivity contribution in [1.29, 1.82) is 0 Å². The van der Waals surface area contributed by atoms with Gasteiger partial charge in [0.2, 0.25) is 0 Å². The molecule has 0 atom stereocenters. The fraction of sp³-hybridized carbons (Fsp3) is 0.385. The second-order valence-electron chi connectivity index (χ2n) is 5.42. The molecule has 0 radical (unpaired) electrons. The van der Waals surface area contributed by atoms with Gasteiger partial charge < -0.3 is 9.67 Å². The maximum absolute atomic E-state index is 11.0. The molecule has 0 saturated heterocycles. The number of hydrogen-bond acceptors (Lipinski definition) is 2. The van der Waals surface area contributed by atoms with Gasteiger partial charge in [-0.3, -0.25) is 4.79 Å². The van der Waals surface area contributed by atoms with E-state index in [2.05, 4.69) is 4.98 Å². The van der Waals surface area contributed by atoms with Crippen molar-refractivity contribution in [3.05, 3.63) is 28.0 Å². The Morgan fingerprint density at radius 1 is 1.32 bits per heavy atom. The molecule has 1 heterocycles. The normalized spacial score (nSPS) is 12.1. The zero-order valence-corrected chi connectivity index (χ0v) is 12.4. The molecule has 0 aliphatic heterocycles. The van der Waals surface area contributed by atoms with Crippen LogP contribution in [0.15, 0.2) is 12.1 Å². The molecule has 1 aromatic carbocycles. The lowest BCUT2D eigenvalue weighted by Crippen LogP contribution is -2.21. The van der Waals surface area contributed by atoms with Crippen molar-refractivity contribution < 1.29 is 9.90 Å². The molecule has 102 valence electrons. The van der Waals surface area contributed by atoms with E-state index in [0.717, 1.165) is 0 Å². The summed E-state index contributed by atoms with van der Waals surface area (Å²) in [5, 5.41) is 9.85. The number of carbonyl (C=O) groups is 1. The summed E-state index contributed by atoms with van der Waals surface area (Å²) in [6.45, 7) is 5.79. The second kappa shape index (κ2) is 4.69. The minimum absolute atomic E-state index is 0.152. The Labute approximate surface area is 121 Å². The Balaban J connectivity index is 2.77. The van der Waals surface area contributed by atoms with E-state index in [-0.39, 0.29) is 12.0 Å². The minimum Gasteiger partial charge on any atom is -0.480 e. The summed E-state index contributed by atoms with van der Waals surface area (Å²) in [6.07, 6.45) is 0. The summed E-state index contributed by atoms with van der Waals surface area (Å²) in [4.78, 5) is 15.5. The molecule has 2 rings (SSSR count). The molecular weight excluding hydrogens is 287 g/mol. The first kappa shape index (κ1) is 14.2. The number of aliphatic carboxylic acids is 1. The van der Waals surface area contributed by atoms with Gasteiger partial charge in [-0.25, -0.2) is 4.98 Å². The monoisotopic (exact) mass is 300 g/mol. The third kappa shape index (κ3) is 2.69.